The molecule has 0 radical (unpaired) electrons. The average molecular weight is 383 g/mol. The Morgan fingerprint density at radius 3 is 2.32 bits per heavy atom. The number of hydrogen-bond acceptors (Lipinski definition) is 2. The molecule has 114 valence electrons. The van der Waals surface area contributed by atoms with E-state index in [1.54, 1.807) is 7.11 Å². The maximum atomic E-state index is 5.63. The van der Waals surface area contributed by atoms with Crippen LogP contribution in [-0.2, 0) is 4.74 Å². The Morgan fingerprint density at radius 1 is 1.37 bits per heavy atom. The molecule has 1 aliphatic rings. The zero-order valence-electron chi connectivity index (χ0n) is 13.3. The Balaban J connectivity index is 0.00000324. The zero-order chi connectivity index (χ0) is 14.0. The van der Waals surface area contributed by atoms with Gasteiger partial charge in [0.25, 0.3) is 0 Å². The monoisotopic (exact) mass is 383 g/mol. The van der Waals surface area contributed by atoms with E-state index in [2.05, 4.69) is 50.2 Å². The Labute approximate surface area is 135 Å². The minimum atomic E-state index is -0.0401. The van der Waals surface area contributed by atoms with E-state index >= 15 is 0 Å². The van der Waals surface area contributed by atoms with Gasteiger partial charge in [0.05, 0.1) is 5.60 Å². The van der Waals surface area contributed by atoms with E-state index in [1.807, 2.05) is 7.05 Å². The first-order valence-electron chi connectivity index (χ1n) is 6.79. The third-order valence-corrected chi connectivity index (χ3v) is 4.49. The topological polar surface area (TPSA) is 45.7 Å². The van der Waals surface area contributed by atoms with Crippen molar-refractivity contribution in [2.24, 2.45) is 16.3 Å². The number of hydrogen-bond donors (Lipinski definition) is 2. The zero-order valence-corrected chi connectivity index (χ0v) is 15.7. The summed E-state index contributed by atoms with van der Waals surface area (Å²) in [5, 5.41) is 6.85. The highest BCUT2D eigenvalue weighted by molar-refractivity contribution is 14.0. The molecule has 0 aromatic heterocycles. The Hall–Kier alpha value is -0.0400. The summed E-state index contributed by atoms with van der Waals surface area (Å²) in [6, 6.07) is 0.404. The van der Waals surface area contributed by atoms with Crippen molar-refractivity contribution in [3.8, 4) is 0 Å². The number of aliphatic imine (C=N–C) groups is 1. The van der Waals surface area contributed by atoms with Gasteiger partial charge in [-0.1, -0.05) is 27.7 Å². The number of nitrogens with zero attached hydrogens (tertiary/aromatic N) is 1. The number of methoxy groups -OCH3 is 1. The van der Waals surface area contributed by atoms with Crippen molar-refractivity contribution in [3.05, 3.63) is 0 Å². The molecule has 2 unspecified atom stereocenters. The maximum absolute atomic E-state index is 5.63. The highest BCUT2D eigenvalue weighted by Gasteiger charge is 2.57. The van der Waals surface area contributed by atoms with E-state index in [0.717, 1.165) is 18.9 Å². The van der Waals surface area contributed by atoms with E-state index in [1.165, 1.54) is 0 Å². The van der Waals surface area contributed by atoms with Crippen LogP contribution in [0.15, 0.2) is 4.99 Å². The van der Waals surface area contributed by atoms with Crippen LogP contribution in [0, 0.1) is 11.3 Å². The summed E-state index contributed by atoms with van der Waals surface area (Å²) in [6.45, 7) is 12.0. The van der Waals surface area contributed by atoms with Crippen molar-refractivity contribution in [2.75, 3.05) is 20.7 Å². The summed E-state index contributed by atoms with van der Waals surface area (Å²) < 4.78 is 5.63. The maximum Gasteiger partial charge on any atom is 0.191 e. The van der Waals surface area contributed by atoms with Crippen LogP contribution in [0.25, 0.3) is 0 Å². The second-order valence-electron chi connectivity index (χ2n) is 6.40. The lowest BCUT2D eigenvalue weighted by Crippen LogP contribution is -2.69. The van der Waals surface area contributed by atoms with Crippen molar-refractivity contribution < 1.29 is 4.74 Å². The highest BCUT2D eigenvalue weighted by atomic mass is 127. The summed E-state index contributed by atoms with van der Waals surface area (Å²) in [5.41, 5.74) is 0.0682. The predicted molar refractivity (Wildman–Crippen MR) is 92.4 cm³/mol. The molecule has 1 aliphatic carbocycles. The molecule has 1 saturated carbocycles. The van der Waals surface area contributed by atoms with E-state index in [4.69, 9.17) is 4.74 Å². The smallest absolute Gasteiger partial charge is 0.191 e. The summed E-state index contributed by atoms with van der Waals surface area (Å²) in [6.07, 6.45) is 1.01. The van der Waals surface area contributed by atoms with Crippen molar-refractivity contribution in [3.63, 3.8) is 0 Å². The van der Waals surface area contributed by atoms with Crippen LogP contribution in [0.1, 0.15) is 41.0 Å². The lowest BCUT2D eigenvalue weighted by molar-refractivity contribution is -0.176. The molecule has 1 fully saturated rings. The SMILES string of the molecule is CN=C(NCC(C)C)NC1CC(C)(OC)C1(C)C.I. The van der Waals surface area contributed by atoms with Gasteiger partial charge in [0.2, 0.25) is 0 Å². The Bertz CT molecular complexity index is 318. The number of guanidine groups is 1. The van der Waals surface area contributed by atoms with Gasteiger partial charge >= 0.3 is 0 Å². The Kier molecular flexibility index (Phi) is 7.09. The fraction of sp³-hybridized carbons (Fsp3) is 0.929. The number of nitrogens with one attached hydrogen (secondary N) is 2. The molecule has 0 aromatic rings. The number of halogens is 1. The summed E-state index contributed by atoms with van der Waals surface area (Å²) >= 11 is 0. The third-order valence-electron chi connectivity index (χ3n) is 4.49. The van der Waals surface area contributed by atoms with Gasteiger partial charge in [0.15, 0.2) is 5.96 Å². The molecule has 0 amide bonds. The summed E-state index contributed by atoms with van der Waals surface area (Å²) in [4.78, 5) is 4.27. The first-order chi connectivity index (χ1) is 8.26. The number of ether oxygens (including phenoxy) is 1. The molecule has 2 atom stereocenters. The van der Waals surface area contributed by atoms with Crippen LogP contribution >= 0.6 is 24.0 Å². The van der Waals surface area contributed by atoms with Crippen LogP contribution in [0.5, 0.6) is 0 Å². The number of rotatable bonds is 4. The molecule has 4 nitrogen and oxygen atoms in total. The largest absolute Gasteiger partial charge is 0.378 e. The molecule has 0 spiro atoms. The molecular formula is C14H30IN3O. The van der Waals surface area contributed by atoms with E-state index in [9.17, 15) is 0 Å². The predicted octanol–water partition coefficient (Wildman–Crippen LogP) is 2.63. The van der Waals surface area contributed by atoms with Gasteiger partial charge in [0, 0.05) is 32.2 Å². The molecular weight excluding hydrogens is 353 g/mol. The second-order valence-corrected chi connectivity index (χ2v) is 6.40. The van der Waals surface area contributed by atoms with Crippen LogP contribution in [0.4, 0.5) is 0 Å². The molecule has 5 heteroatoms. The molecule has 0 heterocycles. The standard InChI is InChI=1S/C14H29N3O.HI/c1-10(2)9-16-12(15-6)17-11-8-14(5,18-7)13(11,3)4;/h10-11H,8-9H2,1-7H3,(H2,15,16,17);1H. The van der Waals surface area contributed by atoms with Crippen molar-refractivity contribution in [1.29, 1.82) is 0 Å². The van der Waals surface area contributed by atoms with E-state index in [-0.39, 0.29) is 35.0 Å². The minimum Gasteiger partial charge on any atom is -0.378 e. The van der Waals surface area contributed by atoms with Crippen molar-refractivity contribution in [2.45, 2.75) is 52.7 Å². The molecule has 19 heavy (non-hydrogen) atoms. The normalized spacial score (nSPS) is 29.5. The van der Waals surface area contributed by atoms with Gasteiger partial charge < -0.3 is 15.4 Å². The lowest BCUT2D eigenvalue weighted by Gasteiger charge is -2.59. The van der Waals surface area contributed by atoms with Gasteiger partial charge in [-0.3, -0.25) is 4.99 Å². The van der Waals surface area contributed by atoms with Crippen molar-refractivity contribution in [1.82, 2.24) is 10.6 Å². The molecule has 2 N–H and O–H groups in total. The van der Waals surface area contributed by atoms with Crippen LogP contribution in [0.2, 0.25) is 0 Å². The Morgan fingerprint density at radius 2 is 1.95 bits per heavy atom. The average Bonchev–Trinajstić information content (AvgIpc) is 2.32. The first-order valence-corrected chi connectivity index (χ1v) is 6.79. The summed E-state index contributed by atoms with van der Waals surface area (Å²) in [5.74, 6) is 1.50. The molecule has 1 rings (SSSR count). The van der Waals surface area contributed by atoms with E-state index in [0.29, 0.717) is 12.0 Å². The van der Waals surface area contributed by atoms with Gasteiger partial charge in [-0.15, -0.1) is 24.0 Å². The van der Waals surface area contributed by atoms with E-state index < -0.39 is 0 Å². The molecule has 0 aliphatic heterocycles. The van der Waals surface area contributed by atoms with Gasteiger partial charge in [-0.05, 0) is 19.3 Å². The molecule has 0 aromatic carbocycles. The van der Waals surface area contributed by atoms with Crippen LogP contribution in [-0.4, -0.2) is 38.3 Å². The van der Waals surface area contributed by atoms with Gasteiger partial charge in [-0.2, -0.15) is 0 Å². The first kappa shape index (κ1) is 19.0. The summed E-state index contributed by atoms with van der Waals surface area (Å²) in [7, 11) is 3.61. The van der Waals surface area contributed by atoms with Gasteiger partial charge in [-0.25, -0.2) is 0 Å². The fourth-order valence-corrected chi connectivity index (χ4v) is 2.38. The quantitative estimate of drug-likeness (QED) is 0.446. The lowest BCUT2D eigenvalue weighted by atomic mass is 9.56. The second kappa shape index (κ2) is 7.11. The molecule has 0 saturated heterocycles. The highest BCUT2D eigenvalue weighted by Crippen LogP contribution is 2.51. The fourth-order valence-electron chi connectivity index (χ4n) is 2.38. The van der Waals surface area contributed by atoms with Crippen molar-refractivity contribution >= 4 is 29.9 Å². The minimum absolute atomic E-state index is 0. The van der Waals surface area contributed by atoms with Crippen LogP contribution < -0.4 is 10.6 Å². The molecule has 0 bridgehead atoms. The van der Waals surface area contributed by atoms with Gasteiger partial charge in [0.1, 0.15) is 0 Å². The van der Waals surface area contributed by atoms with Crippen LogP contribution in [0.3, 0.4) is 0 Å². The third kappa shape index (κ3) is 3.97.